The van der Waals surface area contributed by atoms with E-state index < -0.39 is 15.9 Å². The van der Waals surface area contributed by atoms with Gasteiger partial charge >= 0.3 is 0 Å². The Morgan fingerprint density at radius 1 is 0.964 bits per heavy atom. The van der Waals surface area contributed by atoms with Crippen LogP contribution in [0.4, 0.5) is 0 Å². The maximum atomic E-state index is 12.6. The minimum Gasteiger partial charge on any atom is -0.324 e. The molecule has 146 valence electrons. The van der Waals surface area contributed by atoms with Gasteiger partial charge < -0.3 is 4.57 Å². The minimum absolute atomic E-state index is 0.0644. The molecule has 2 aromatic carbocycles. The van der Waals surface area contributed by atoms with Crippen LogP contribution in [0.1, 0.15) is 42.3 Å². The summed E-state index contributed by atoms with van der Waals surface area (Å²) in [5.41, 5.74) is 3.04. The van der Waals surface area contributed by atoms with E-state index >= 15 is 0 Å². The summed E-state index contributed by atoms with van der Waals surface area (Å²) >= 11 is 0. The highest BCUT2D eigenvalue weighted by atomic mass is 32.2. The van der Waals surface area contributed by atoms with E-state index in [1.165, 1.54) is 12.1 Å². The molecule has 0 atom stereocenters. The van der Waals surface area contributed by atoms with E-state index in [2.05, 4.69) is 25.5 Å². The number of hydrogen-bond acceptors (Lipinski definition) is 3. The molecule has 0 bridgehead atoms. The Kier molecular flexibility index (Phi) is 5.17. The molecule has 0 unspecified atom stereocenters. The summed E-state index contributed by atoms with van der Waals surface area (Å²) in [5, 5.41) is 0. The molecule has 3 aromatic rings. The number of amides is 1. The first kappa shape index (κ1) is 19.9. The number of aryl methyl sites for hydroxylation is 1. The van der Waals surface area contributed by atoms with Gasteiger partial charge in [-0.15, -0.1) is 0 Å². The van der Waals surface area contributed by atoms with Gasteiger partial charge in [0.15, 0.2) is 0 Å². The third kappa shape index (κ3) is 4.17. The predicted molar refractivity (Wildman–Crippen MR) is 110 cm³/mol. The second kappa shape index (κ2) is 7.28. The van der Waals surface area contributed by atoms with Crippen molar-refractivity contribution in [3.63, 3.8) is 0 Å². The zero-order chi connectivity index (χ0) is 20.5. The summed E-state index contributed by atoms with van der Waals surface area (Å²) < 4.78 is 29.2. The second-order valence-electron chi connectivity index (χ2n) is 7.80. The summed E-state index contributed by atoms with van der Waals surface area (Å²) in [4.78, 5) is 12.6. The average Bonchev–Trinajstić information content (AvgIpc) is 3.15. The number of nitrogens with one attached hydrogen (secondary N) is 1. The number of rotatable bonds is 4. The summed E-state index contributed by atoms with van der Waals surface area (Å²) in [6.45, 7) is 8.04. The van der Waals surface area contributed by atoms with E-state index in [1.807, 2.05) is 36.0 Å². The topological polar surface area (TPSA) is 68.2 Å². The molecule has 0 aliphatic heterocycles. The third-order valence-corrected chi connectivity index (χ3v) is 5.95. The van der Waals surface area contributed by atoms with Crippen molar-refractivity contribution < 1.29 is 13.2 Å². The van der Waals surface area contributed by atoms with Gasteiger partial charge in [0.05, 0.1) is 4.90 Å². The number of aromatic nitrogens is 1. The van der Waals surface area contributed by atoms with Crippen molar-refractivity contribution in [2.75, 3.05) is 0 Å². The highest BCUT2D eigenvalue weighted by Gasteiger charge is 2.21. The zero-order valence-corrected chi connectivity index (χ0v) is 17.2. The Hall–Kier alpha value is -2.86. The van der Waals surface area contributed by atoms with Crippen LogP contribution >= 0.6 is 0 Å². The summed E-state index contributed by atoms with van der Waals surface area (Å²) in [6.07, 6.45) is 3.82. The van der Waals surface area contributed by atoms with Crippen LogP contribution in [-0.2, 0) is 15.4 Å². The Morgan fingerprint density at radius 3 is 2.11 bits per heavy atom. The predicted octanol–water partition coefficient (Wildman–Crippen LogP) is 4.20. The third-order valence-electron chi connectivity index (χ3n) is 4.60. The Balaban J connectivity index is 1.81. The van der Waals surface area contributed by atoms with Gasteiger partial charge in [-0.2, -0.15) is 0 Å². The lowest BCUT2D eigenvalue weighted by Crippen LogP contribution is -2.30. The first-order valence-corrected chi connectivity index (χ1v) is 10.5. The molecule has 0 saturated carbocycles. The number of carbonyl (C=O) groups is 1. The van der Waals surface area contributed by atoms with Crippen molar-refractivity contribution in [2.24, 2.45) is 0 Å². The van der Waals surface area contributed by atoms with E-state index in [0.29, 0.717) is 5.56 Å². The van der Waals surface area contributed by atoms with E-state index in [1.54, 1.807) is 30.3 Å². The molecule has 0 aliphatic rings. The maximum absolute atomic E-state index is 12.6. The first-order valence-electron chi connectivity index (χ1n) is 9.00. The van der Waals surface area contributed by atoms with E-state index in [-0.39, 0.29) is 10.3 Å². The molecule has 0 fully saturated rings. The number of nitrogens with zero attached hydrogens (tertiary/aromatic N) is 1. The van der Waals surface area contributed by atoms with Gasteiger partial charge in [-0.25, -0.2) is 13.1 Å². The molecule has 3 rings (SSSR count). The van der Waals surface area contributed by atoms with Gasteiger partial charge in [-0.3, -0.25) is 4.79 Å². The van der Waals surface area contributed by atoms with Gasteiger partial charge in [0, 0.05) is 23.6 Å². The summed E-state index contributed by atoms with van der Waals surface area (Å²) in [7, 11) is -3.94. The number of carbonyl (C=O) groups excluding carboxylic acids is 1. The molecular weight excluding hydrogens is 372 g/mol. The standard InChI is InChI=1S/C22H24N2O3S/c1-16-15-17(7-12-20(16)24-13-5-6-14-24)21(25)23-28(26,27)19-10-8-18(9-11-19)22(2,3)4/h5-15H,1-4H3,(H,23,25). The quantitative estimate of drug-likeness (QED) is 0.719. The SMILES string of the molecule is Cc1cc(C(=O)NS(=O)(=O)c2ccc(C(C)(C)C)cc2)ccc1-n1cccc1. The first-order chi connectivity index (χ1) is 13.1. The number of benzene rings is 2. The molecule has 1 N–H and O–H groups in total. The van der Waals surface area contributed by atoms with Crippen LogP contribution in [0.3, 0.4) is 0 Å². The normalized spacial score (nSPS) is 12.0. The fourth-order valence-electron chi connectivity index (χ4n) is 2.96. The molecule has 0 radical (unpaired) electrons. The van der Waals surface area contributed by atoms with Crippen LogP contribution in [0.2, 0.25) is 0 Å². The van der Waals surface area contributed by atoms with E-state index in [4.69, 9.17) is 0 Å². The van der Waals surface area contributed by atoms with Crippen molar-refractivity contribution in [3.8, 4) is 5.69 Å². The lowest BCUT2D eigenvalue weighted by atomic mass is 9.87. The number of sulfonamides is 1. The second-order valence-corrected chi connectivity index (χ2v) is 9.48. The highest BCUT2D eigenvalue weighted by Crippen LogP contribution is 2.23. The molecule has 5 nitrogen and oxygen atoms in total. The van der Waals surface area contributed by atoms with Gasteiger partial charge in [0.1, 0.15) is 0 Å². The highest BCUT2D eigenvalue weighted by molar-refractivity contribution is 7.90. The molecule has 28 heavy (non-hydrogen) atoms. The van der Waals surface area contributed by atoms with Crippen LogP contribution in [-0.4, -0.2) is 18.9 Å². The van der Waals surface area contributed by atoms with Crippen molar-refractivity contribution in [3.05, 3.63) is 83.7 Å². The average molecular weight is 397 g/mol. The van der Waals surface area contributed by atoms with Crippen molar-refractivity contribution in [1.82, 2.24) is 9.29 Å². The van der Waals surface area contributed by atoms with Gasteiger partial charge in [0.25, 0.3) is 15.9 Å². The number of hydrogen-bond donors (Lipinski definition) is 1. The lowest BCUT2D eigenvalue weighted by molar-refractivity contribution is 0.0981. The van der Waals surface area contributed by atoms with Gasteiger partial charge in [-0.05, 0) is 65.9 Å². The van der Waals surface area contributed by atoms with Crippen molar-refractivity contribution in [2.45, 2.75) is 38.0 Å². The molecule has 0 saturated heterocycles. The van der Waals surface area contributed by atoms with E-state index in [0.717, 1.165) is 16.8 Å². The fourth-order valence-corrected chi connectivity index (χ4v) is 3.93. The zero-order valence-electron chi connectivity index (χ0n) is 16.4. The fraction of sp³-hybridized carbons (Fsp3) is 0.227. The van der Waals surface area contributed by atoms with Gasteiger partial charge in [-0.1, -0.05) is 32.9 Å². The summed E-state index contributed by atoms with van der Waals surface area (Å²) in [5.74, 6) is -0.651. The van der Waals surface area contributed by atoms with Crippen LogP contribution < -0.4 is 4.72 Å². The van der Waals surface area contributed by atoms with Crippen LogP contribution in [0.5, 0.6) is 0 Å². The van der Waals surface area contributed by atoms with Crippen LogP contribution in [0.25, 0.3) is 5.69 Å². The van der Waals surface area contributed by atoms with Gasteiger partial charge in [0.2, 0.25) is 0 Å². The van der Waals surface area contributed by atoms with E-state index in [9.17, 15) is 13.2 Å². The largest absolute Gasteiger partial charge is 0.324 e. The molecular formula is C22H24N2O3S. The van der Waals surface area contributed by atoms with Crippen LogP contribution in [0, 0.1) is 6.92 Å². The monoisotopic (exact) mass is 396 g/mol. The van der Waals surface area contributed by atoms with Crippen molar-refractivity contribution >= 4 is 15.9 Å². The molecule has 1 amide bonds. The Bertz CT molecular complexity index is 1090. The summed E-state index contributed by atoms with van der Waals surface area (Å²) in [6, 6.07) is 15.5. The molecule has 6 heteroatoms. The minimum atomic E-state index is -3.94. The van der Waals surface area contributed by atoms with Crippen molar-refractivity contribution in [1.29, 1.82) is 0 Å². The molecule has 1 aromatic heterocycles. The molecule has 1 heterocycles. The molecule has 0 spiro atoms. The lowest BCUT2D eigenvalue weighted by Gasteiger charge is -2.19. The maximum Gasteiger partial charge on any atom is 0.265 e. The molecule has 0 aliphatic carbocycles. The van der Waals surface area contributed by atoms with Crippen LogP contribution in [0.15, 0.2) is 71.9 Å². The Morgan fingerprint density at radius 2 is 1.57 bits per heavy atom. The Labute approximate surface area is 166 Å². The smallest absolute Gasteiger partial charge is 0.265 e.